The zero-order chi connectivity index (χ0) is 17.0. The second-order valence-electron chi connectivity index (χ2n) is 4.90. The molecule has 122 valence electrons. The largest absolute Gasteiger partial charge is 0.384 e. The molecule has 4 N–H and O–H groups in total. The van der Waals surface area contributed by atoms with Gasteiger partial charge in [-0.1, -0.05) is 36.9 Å². The van der Waals surface area contributed by atoms with Crippen molar-refractivity contribution in [2.24, 2.45) is 5.73 Å². The Morgan fingerprint density at radius 1 is 1.39 bits per heavy atom. The van der Waals surface area contributed by atoms with Gasteiger partial charge >= 0.3 is 0 Å². The highest BCUT2D eigenvalue weighted by molar-refractivity contribution is 8.01. The minimum absolute atomic E-state index is 0.250. The van der Waals surface area contributed by atoms with Crippen molar-refractivity contribution in [1.29, 1.82) is 0 Å². The smallest absolute Gasteiger partial charge is 0.253 e. The van der Waals surface area contributed by atoms with Crippen LogP contribution in [0, 0.1) is 0 Å². The molecule has 0 saturated carbocycles. The van der Waals surface area contributed by atoms with E-state index < -0.39 is 17.9 Å². The molecule has 5 nitrogen and oxygen atoms in total. The molecule has 0 aliphatic rings. The number of nitrogens with two attached hydrogens (primary N) is 1. The lowest BCUT2D eigenvalue weighted by atomic mass is 10.2. The first-order valence-electron chi connectivity index (χ1n) is 7.10. The van der Waals surface area contributed by atoms with Crippen molar-refractivity contribution in [3.63, 3.8) is 0 Å². The molecule has 2 amide bonds. The third kappa shape index (κ3) is 4.34. The molecule has 2 aromatic rings. The monoisotopic (exact) mass is 350 g/mol. The first-order chi connectivity index (χ1) is 10.9. The second kappa shape index (κ2) is 7.63. The van der Waals surface area contributed by atoms with Crippen LogP contribution in [0.25, 0.3) is 0 Å². The Morgan fingerprint density at radius 3 is 2.70 bits per heavy atom. The topological polar surface area (TPSA) is 92.4 Å². The van der Waals surface area contributed by atoms with Gasteiger partial charge in [-0.15, -0.1) is 11.3 Å². The summed E-state index contributed by atoms with van der Waals surface area (Å²) in [6, 6.07) is 9.69. The van der Waals surface area contributed by atoms with Crippen LogP contribution in [-0.4, -0.2) is 23.0 Å². The lowest BCUT2D eigenvalue weighted by Gasteiger charge is -2.06. The number of carbonyl (C=O) groups is 2. The van der Waals surface area contributed by atoms with Crippen molar-refractivity contribution in [2.75, 3.05) is 5.32 Å². The van der Waals surface area contributed by atoms with E-state index in [0.717, 1.165) is 15.5 Å². The van der Waals surface area contributed by atoms with Gasteiger partial charge in [0.05, 0.1) is 9.77 Å². The zero-order valence-electron chi connectivity index (χ0n) is 12.8. The third-order valence-corrected chi connectivity index (χ3v) is 5.44. The molecule has 0 fully saturated rings. The SMILES string of the molecule is CCc1ccccc1Sc1cc(C(N)=O)c(NC(=O)C(C)O)s1. The molecule has 0 spiro atoms. The fraction of sp³-hybridized carbons (Fsp3) is 0.250. The lowest BCUT2D eigenvalue weighted by Crippen LogP contribution is -2.25. The van der Waals surface area contributed by atoms with Gasteiger partial charge in [0, 0.05) is 4.90 Å². The van der Waals surface area contributed by atoms with Crippen molar-refractivity contribution in [2.45, 2.75) is 35.5 Å². The maximum absolute atomic E-state index is 11.6. The fourth-order valence-corrected chi connectivity index (χ4v) is 4.28. The summed E-state index contributed by atoms with van der Waals surface area (Å²) in [6.07, 6.45) is -0.252. The van der Waals surface area contributed by atoms with Crippen LogP contribution in [0.3, 0.4) is 0 Å². The molecule has 0 saturated heterocycles. The summed E-state index contributed by atoms with van der Waals surface area (Å²) in [5.74, 6) is -1.18. The average molecular weight is 350 g/mol. The number of thiophene rings is 1. The van der Waals surface area contributed by atoms with E-state index in [1.54, 1.807) is 6.07 Å². The minimum Gasteiger partial charge on any atom is -0.384 e. The number of carbonyl (C=O) groups excluding carboxylic acids is 2. The number of aliphatic hydroxyl groups is 1. The zero-order valence-corrected chi connectivity index (χ0v) is 14.5. The van der Waals surface area contributed by atoms with Crippen LogP contribution >= 0.6 is 23.1 Å². The summed E-state index contributed by atoms with van der Waals surface area (Å²) in [5.41, 5.74) is 6.83. The van der Waals surface area contributed by atoms with E-state index >= 15 is 0 Å². The lowest BCUT2D eigenvalue weighted by molar-refractivity contribution is -0.123. The minimum atomic E-state index is -1.16. The molecule has 7 heteroatoms. The van der Waals surface area contributed by atoms with E-state index in [-0.39, 0.29) is 5.56 Å². The molecule has 0 aliphatic heterocycles. The highest BCUT2D eigenvalue weighted by Gasteiger charge is 2.18. The molecule has 2 rings (SSSR count). The Balaban J connectivity index is 2.30. The van der Waals surface area contributed by atoms with E-state index in [0.29, 0.717) is 5.00 Å². The number of amides is 2. The van der Waals surface area contributed by atoms with Gasteiger partial charge in [-0.2, -0.15) is 0 Å². The maximum atomic E-state index is 11.6. The molecule has 1 unspecified atom stereocenters. The molecule has 1 atom stereocenters. The fourth-order valence-electron chi connectivity index (χ4n) is 1.91. The van der Waals surface area contributed by atoms with Crippen molar-refractivity contribution in [3.8, 4) is 0 Å². The first kappa shape index (κ1) is 17.5. The van der Waals surface area contributed by atoms with E-state index in [4.69, 9.17) is 5.73 Å². The number of primary amides is 1. The Hall–Kier alpha value is -1.83. The number of aryl methyl sites for hydroxylation is 1. The van der Waals surface area contributed by atoms with Crippen molar-refractivity contribution in [3.05, 3.63) is 41.5 Å². The summed E-state index contributed by atoms with van der Waals surface area (Å²) in [6.45, 7) is 3.44. The van der Waals surface area contributed by atoms with Gasteiger partial charge in [0.1, 0.15) is 11.1 Å². The molecule has 0 aliphatic carbocycles. The van der Waals surface area contributed by atoms with Crippen LogP contribution in [0.4, 0.5) is 5.00 Å². The summed E-state index contributed by atoms with van der Waals surface area (Å²) < 4.78 is 0.848. The molecule has 0 radical (unpaired) electrons. The number of hydrogen-bond acceptors (Lipinski definition) is 5. The molecule has 1 aromatic heterocycles. The Kier molecular flexibility index (Phi) is 5.81. The average Bonchev–Trinajstić information content (AvgIpc) is 2.90. The van der Waals surface area contributed by atoms with Gasteiger partial charge in [0.25, 0.3) is 11.8 Å². The van der Waals surface area contributed by atoms with Crippen LogP contribution in [0.1, 0.15) is 29.8 Å². The van der Waals surface area contributed by atoms with Crippen LogP contribution < -0.4 is 11.1 Å². The summed E-state index contributed by atoms with van der Waals surface area (Å²) in [4.78, 5) is 24.3. The molecular weight excluding hydrogens is 332 g/mol. The van der Waals surface area contributed by atoms with Crippen LogP contribution in [0.5, 0.6) is 0 Å². The van der Waals surface area contributed by atoms with Gasteiger partial charge in [-0.25, -0.2) is 0 Å². The molecule has 1 aromatic carbocycles. The van der Waals surface area contributed by atoms with Gasteiger partial charge in [-0.05, 0) is 31.0 Å². The number of anilines is 1. The predicted octanol–water partition coefficient (Wildman–Crippen LogP) is 2.88. The molecular formula is C16H18N2O3S2. The first-order valence-corrected chi connectivity index (χ1v) is 8.74. The van der Waals surface area contributed by atoms with Crippen LogP contribution in [0.15, 0.2) is 39.4 Å². The van der Waals surface area contributed by atoms with E-state index in [1.165, 1.54) is 35.6 Å². The second-order valence-corrected chi connectivity index (χ2v) is 7.30. The Bertz CT molecular complexity index is 726. The van der Waals surface area contributed by atoms with E-state index in [2.05, 4.69) is 18.3 Å². The normalized spacial score (nSPS) is 12.0. The molecule has 1 heterocycles. The standard InChI is InChI=1S/C16H18N2O3S2/c1-3-10-6-4-5-7-12(10)22-13-8-11(14(17)20)16(23-13)18-15(21)9(2)19/h4-9,19H,3H2,1-2H3,(H2,17,20)(H,18,21). The third-order valence-electron chi connectivity index (χ3n) is 3.16. The molecule has 23 heavy (non-hydrogen) atoms. The van der Waals surface area contributed by atoms with E-state index in [9.17, 15) is 14.7 Å². The summed E-state index contributed by atoms with van der Waals surface area (Å²) >= 11 is 2.79. The number of nitrogens with one attached hydrogen (secondary N) is 1. The number of benzene rings is 1. The number of rotatable bonds is 6. The van der Waals surface area contributed by atoms with Crippen molar-refractivity contribution in [1.82, 2.24) is 0 Å². The Morgan fingerprint density at radius 2 is 2.09 bits per heavy atom. The van der Waals surface area contributed by atoms with Crippen molar-refractivity contribution < 1.29 is 14.7 Å². The number of aliphatic hydroxyl groups excluding tert-OH is 1. The summed E-state index contributed by atoms with van der Waals surface area (Å²) in [7, 11) is 0. The van der Waals surface area contributed by atoms with Gasteiger partial charge in [-0.3, -0.25) is 9.59 Å². The Labute approximate surface area is 142 Å². The van der Waals surface area contributed by atoms with Gasteiger partial charge in [0.15, 0.2) is 0 Å². The van der Waals surface area contributed by atoms with Crippen molar-refractivity contribution >= 4 is 39.9 Å². The predicted molar refractivity (Wildman–Crippen MR) is 93.1 cm³/mol. The number of hydrogen-bond donors (Lipinski definition) is 3. The quantitative estimate of drug-likeness (QED) is 0.747. The maximum Gasteiger partial charge on any atom is 0.253 e. The van der Waals surface area contributed by atoms with Crippen LogP contribution in [-0.2, 0) is 11.2 Å². The van der Waals surface area contributed by atoms with E-state index in [1.807, 2.05) is 18.2 Å². The highest BCUT2D eigenvalue weighted by Crippen LogP contribution is 2.39. The highest BCUT2D eigenvalue weighted by atomic mass is 32.2. The van der Waals surface area contributed by atoms with Crippen LogP contribution in [0.2, 0.25) is 0 Å². The van der Waals surface area contributed by atoms with Gasteiger partial charge < -0.3 is 16.2 Å². The van der Waals surface area contributed by atoms with Gasteiger partial charge in [0.2, 0.25) is 0 Å². The molecule has 0 bridgehead atoms. The summed E-state index contributed by atoms with van der Waals surface area (Å²) in [5, 5.41) is 12.2.